The van der Waals surface area contributed by atoms with E-state index in [0.29, 0.717) is 26.4 Å². The second-order valence-corrected chi connectivity index (χ2v) is 16.1. The van der Waals surface area contributed by atoms with E-state index >= 15 is 0 Å². The molecule has 0 fully saturated rings. The smallest absolute Gasteiger partial charge is 0.335 e. The Morgan fingerprint density at radius 3 is 1.24 bits per heavy atom. The second-order valence-electron chi connectivity index (χ2n) is 8.32. The van der Waals surface area contributed by atoms with Crippen molar-refractivity contribution in [3.05, 3.63) is 59.7 Å². The van der Waals surface area contributed by atoms with Crippen molar-refractivity contribution in [3.63, 3.8) is 0 Å². The SMILES string of the molecule is CCO[Si](C)(CCc1ccccc1Sc1ccccc1CC[Si](C)(OCC)OCC)OCC. The summed E-state index contributed by atoms with van der Waals surface area (Å²) in [5.41, 5.74) is 2.72. The van der Waals surface area contributed by atoms with E-state index in [2.05, 4.69) is 89.3 Å². The summed E-state index contributed by atoms with van der Waals surface area (Å²) in [6.45, 7) is 15.4. The molecular weight excluding hydrogens is 465 g/mol. The molecule has 0 unspecified atom stereocenters. The van der Waals surface area contributed by atoms with Gasteiger partial charge in [-0.1, -0.05) is 48.2 Å². The first-order valence-electron chi connectivity index (χ1n) is 12.3. The summed E-state index contributed by atoms with van der Waals surface area (Å²) < 4.78 is 24.2. The van der Waals surface area contributed by atoms with E-state index in [1.807, 2.05) is 11.8 Å². The molecule has 0 saturated heterocycles. The largest absolute Gasteiger partial charge is 0.395 e. The fourth-order valence-corrected chi connectivity index (χ4v) is 9.82. The molecule has 2 aromatic rings. The molecule has 2 aromatic carbocycles. The summed E-state index contributed by atoms with van der Waals surface area (Å²) in [6.07, 6.45) is 1.93. The minimum Gasteiger partial charge on any atom is -0.395 e. The van der Waals surface area contributed by atoms with Crippen LogP contribution in [0.1, 0.15) is 38.8 Å². The van der Waals surface area contributed by atoms with Gasteiger partial charge in [-0.15, -0.1) is 0 Å². The lowest BCUT2D eigenvalue weighted by Gasteiger charge is -2.26. The molecule has 2 rings (SSSR count). The van der Waals surface area contributed by atoms with Crippen LogP contribution >= 0.6 is 11.8 Å². The monoisotopic (exact) mass is 506 g/mol. The molecule has 0 aliphatic carbocycles. The topological polar surface area (TPSA) is 36.9 Å². The summed E-state index contributed by atoms with van der Waals surface area (Å²) in [5, 5.41) is 0. The maximum absolute atomic E-state index is 6.06. The highest BCUT2D eigenvalue weighted by atomic mass is 32.2. The van der Waals surface area contributed by atoms with Crippen molar-refractivity contribution in [2.24, 2.45) is 0 Å². The normalized spacial score (nSPS) is 12.3. The van der Waals surface area contributed by atoms with Crippen LogP contribution in [0.2, 0.25) is 25.2 Å². The van der Waals surface area contributed by atoms with Crippen LogP contribution in [0, 0.1) is 0 Å². The van der Waals surface area contributed by atoms with Crippen LogP contribution in [0.4, 0.5) is 0 Å². The third-order valence-corrected chi connectivity index (χ3v) is 12.8. The van der Waals surface area contributed by atoms with Crippen molar-refractivity contribution in [1.82, 2.24) is 0 Å². The van der Waals surface area contributed by atoms with Crippen molar-refractivity contribution in [3.8, 4) is 0 Å². The maximum Gasteiger partial charge on any atom is 0.335 e. The lowest BCUT2D eigenvalue weighted by Crippen LogP contribution is -2.39. The van der Waals surface area contributed by atoms with Crippen molar-refractivity contribution >= 4 is 28.9 Å². The quantitative estimate of drug-likeness (QED) is 0.225. The third kappa shape index (κ3) is 9.32. The molecule has 0 radical (unpaired) electrons. The predicted molar refractivity (Wildman–Crippen MR) is 144 cm³/mol. The maximum atomic E-state index is 6.06. The van der Waals surface area contributed by atoms with Crippen LogP contribution in [0.3, 0.4) is 0 Å². The van der Waals surface area contributed by atoms with Crippen LogP contribution < -0.4 is 0 Å². The van der Waals surface area contributed by atoms with Crippen molar-refractivity contribution in [1.29, 1.82) is 0 Å². The molecule has 0 bridgehead atoms. The minimum atomic E-state index is -2.14. The van der Waals surface area contributed by atoms with Gasteiger partial charge < -0.3 is 17.7 Å². The average Bonchev–Trinajstić information content (AvgIpc) is 2.79. The fourth-order valence-electron chi connectivity index (χ4n) is 4.06. The Morgan fingerprint density at radius 2 is 0.909 bits per heavy atom. The predicted octanol–water partition coefficient (Wildman–Crippen LogP) is 7.21. The zero-order valence-corrected chi connectivity index (χ0v) is 24.1. The van der Waals surface area contributed by atoms with E-state index in [-0.39, 0.29) is 0 Å². The van der Waals surface area contributed by atoms with Gasteiger partial charge in [0.15, 0.2) is 0 Å². The first-order chi connectivity index (χ1) is 15.9. The zero-order chi connectivity index (χ0) is 24.2. The molecule has 0 atom stereocenters. The molecule has 0 spiro atoms. The first-order valence-corrected chi connectivity index (χ1v) is 18.1. The van der Waals surface area contributed by atoms with E-state index in [9.17, 15) is 0 Å². The number of rotatable bonds is 16. The Balaban J connectivity index is 2.16. The number of benzene rings is 2. The minimum absolute atomic E-state index is 0.707. The van der Waals surface area contributed by atoms with Crippen LogP contribution in [-0.4, -0.2) is 43.5 Å². The van der Waals surface area contributed by atoms with Crippen molar-refractivity contribution in [2.75, 3.05) is 26.4 Å². The highest BCUT2D eigenvalue weighted by molar-refractivity contribution is 7.99. The van der Waals surface area contributed by atoms with E-state index in [1.54, 1.807) is 0 Å². The molecule has 33 heavy (non-hydrogen) atoms. The van der Waals surface area contributed by atoms with Crippen LogP contribution in [-0.2, 0) is 30.5 Å². The molecule has 0 amide bonds. The second kappa shape index (κ2) is 14.5. The highest BCUT2D eigenvalue weighted by Gasteiger charge is 2.31. The summed E-state index contributed by atoms with van der Waals surface area (Å²) in [5.74, 6) is 0. The molecule has 7 heteroatoms. The Bertz CT molecular complexity index is 754. The number of aryl methyl sites for hydroxylation is 2. The summed E-state index contributed by atoms with van der Waals surface area (Å²) in [6, 6.07) is 19.4. The summed E-state index contributed by atoms with van der Waals surface area (Å²) >= 11 is 1.86. The summed E-state index contributed by atoms with van der Waals surface area (Å²) in [4.78, 5) is 2.62. The van der Waals surface area contributed by atoms with Crippen molar-refractivity contribution in [2.45, 2.75) is 75.5 Å². The average molecular weight is 507 g/mol. The van der Waals surface area contributed by atoms with E-state index in [1.165, 1.54) is 20.9 Å². The molecule has 0 N–H and O–H groups in total. The molecule has 0 heterocycles. The fraction of sp³-hybridized carbons (Fsp3) is 0.538. The van der Waals surface area contributed by atoms with Crippen molar-refractivity contribution < 1.29 is 17.7 Å². The van der Waals surface area contributed by atoms with Crippen LogP contribution in [0.25, 0.3) is 0 Å². The molecule has 0 saturated carbocycles. The first kappa shape index (κ1) is 28.3. The van der Waals surface area contributed by atoms with Gasteiger partial charge in [0, 0.05) is 36.2 Å². The molecule has 0 aliphatic rings. The Kier molecular flexibility index (Phi) is 12.4. The van der Waals surface area contributed by atoms with E-state index in [4.69, 9.17) is 17.7 Å². The van der Waals surface area contributed by atoms with Gasteiger partial charge >= 0.3 is 17.1 Å². The van der Waals surface area contributed by atoms with Crippen LogP contribution in [0.15, 0.2) is 58.3 Å². The standard InChI is InChI=1S/C26H42O4SSi2/c1-7-27-32(5,28-8-2)21-19-23-15-11-13-17-25(23)31-26-18-14-12-16-24(26)20-22-33(6,29-9-3)30-10-4/h11-18H,7-10,19-22H2,1-6H3. The Morgan fingerprint density at radius 1 is 0.576 bits per heavy atom. The Labute approximate surface area is 207 Å². The third-order valence-electron chi connectivity index (χ3n) is 5.66. The Hall–Kier alpha value is -0.936. The zero-order valence-electron chi connectivity index (χ0n) is 21.3. The van der Waals surface area contributed by atoms with E-state index < -0.39 is 17.1 Å². The summed E-state index contributed by atoms with van der Waals surface area (Å²) in [7, 11) is -4.28. The van der Waals surface area contributed by atoms with Crippen LogP contribution in [0.5, 0.6) is 0 Å². The molecule has 0 aromatic heterocycles. The molecule has 184 valence electrons. The van der Waals surface area contributed by atoms with Gasteiger partial charge in [-0.25, -0.2) is 0 Å². The molecule has 0 aliphatic heterocycles. The highest BCUT2D eigenvalue weighted by Crippen LogP contribution is 2.35. The lowest BCUT2D eigenvalue weighted by molar-refractivity contribution is 0.188. The van der Waals surface area contributed by atoms with Gasteiger partial charge in [0.2, 0.25) is 0 Å². The van der Waals surface area contributed by atoms with Gasteiger partial charge in [0.05, 0.1) is 0 Å². The van der Waals surface area contributed by atoms with E-state index in [0.717, 1.165) is 24.9 Å². The van der Waals surface area contributed by atoms with Gasteiger partial charge in [-0.3, -0.25) is 0 Å². The van der Waals surface area contributed by atoms with Gasteiger partial charge in [-0.05, 0) is 89.0 Å². The number of hydrogen-bond acceptors (Lipinski definition) is 5. The molecular formula is C26H42O4SSi2. The van der Waals surface area contributed by atoms with Gasteiger partial charge in [-0.2, -0.15) is 0 Å². The lowest BCUT2D eigenvalue weighted by atomic mass is 10.2. The molecule has 4 nitrogen and oxygen atoms in total. The number of hydrogen-bond donors (Lipinski definition) is 0. The van der Waals surface area contributed by atoms with Gasteiger partial charge in [0.1, 0.15) is 0 Å². The van der Waals surface area contributed by atoms with Gasteiger partial charge in [0.25, 0.3) is 0 Å².